The molecule has 4 N–H and O–H groups in total. The highest BCUT2D eigenvalue weighted by atomic mass is 19.1. The topological polar surface area (TPSA) is 99.3 Å². The molecular weight excluding hydrogens is 304 g/mol. The maximum absolute atomic E-state index is 13.2. The number of halogens is 2. The highest BCUT2D eigenvalue weighted by Gasteiger charge is 2.17. The lowest BCUT2D eigenvalue weighted by molar-refractivity contribution is -0.118. The van der Waals surface area contributed by atoms with Gasteiger partial charge in [-0.3, -0.25) is 4.79 Å². The van der Waals surface area contributed by atoms with E-state index in [4.69, 9.17) is 11.5 Å². The van der Waals surface area contributed by atoms with E-state index in [9.17, 15) is 13.6 Å². The van der Waals surface area contributed by atoms with Gasteiger partial charge in [0.1, 0.15) is 17.5 Å². The van der Waals surface area contributed by atoms with E-state index >= 15 is 0 Å². The Hall–Kier alpha value is -3.03. The van der Waals surface area contributed by atoms with E-state index < -0.39 is 23.5 Å². The Balaban J connectivity index is 2.24. The smallest absolute Gasteiger partial charge is 0.254 e. The predicted molar refractivity (Wildman–Crippen MR) is 81.9 cm³/mol. The van der Waals surface area contributed by atoms with Gasteiger partial charge < -0.3 is 11.5 Å². The molecule has 120 valence electrons. The van der Waals surface area contributed by atoms with Gasteiger partial charge in [-0.1, -0.05) is 0 Å². The van der Waals surface area contributed by atoms with Crippen LogP contribution in [-0.4, -0.2) is 21.5 Å². The van der Waals surface area contributed by atoms with Crippen LogP contribution >= 0.6 is 0 Å². The van der Waals surface area contributed by atoms with E-state index in [1.54, 1.807) is 6.92 Å². The molecule has 1 amide bonds. The molecule has 1 aromatic heterocycles. The van der Waals surface area contributed by atoms with Gasteiger partial charge in [0.15, 0.2) is 0 Å². The number of carbonyl (C=O) groups excluding carboxylic acids is 1. The maximum atomic E-state index is 13.2. The van der Waals surface area contributed by atoms with Gasteiger partial charge in [0.2, 0.25) is 0 Å². The van der Waals surface area contributed by atoms with E-state index in [2.05, 4.69) is 10.1 Å². The van der Waals surface area contributed by atoms with Crippen LogP contribution < -0.4 is 11.5 Å². The fourth-order valence-corrected chi connectivity index (χ4v) is 1.88. The van der Waals surface area contributed by atoms with Crippen molar-refractivity contribution in [3.63, 3.8) is 0 Å². The summed E-state index contributed by atoms with van der Waals surface area (Å²) in [7, 11) is 0. The van der Waals surface area contributed by atoms with Crippen LogP contribution in [0, 0.1) is 11.6 Å². The van der Waals surface area contributed by atoms with Crippen LogP contribution in [0.3, 0.4) is 0 Å². The van der Waals surface area contributed by atoms with Gasteiger partial charge in [0.25, 0.3) is 5.91 Å². The summed E-state index contributed by atoms with van der Waals surface area (Å²) in [6.07, 6.45) is 5.40. The van der Waals surface area contributed by atoms with Crippen LogP contribution in [0.15, 0.2) is 47.9 Å². The van der Waals surface area contributed by atoms with E-state index in [0.29, 0.717) is 5.56 Å². The van der Waals surface area contributed by atoms with Crippen molar-refractivity contribution >= 4 is 11.7 Å². The number of rotatable bonds is 4. The minimum Gasteiger partial charge on any atom is -0.404 e. The number of nitrogens with two attached hydrogens (primary N) is 2. The lowest BCUT2D eigenvalue weighted by Gasteiger charge is -2.04. The van der Waals surface area contributed by atoms with Gasteiger partial charge in [0.05, 0.1) is 17.8 Å². The zero-order valence-corrected chi connectivity index (χ0v) is 12.3. The molecule has 1 aromatic carbocycles. The summed E-state index contributed by atoms with van der Waals surface area (Å²) in [6, 6.07) is 3.03. The molecule has 0 saturated carbocycles. The fraction of sp³-hybridized carbons (Fsp3) is 0.133. The molecule has 0 spiro atoms. The normalized spacial score (nSPS) is 13.4. The fourth-order valence-electron chi connectivity index (χ4n) is 1.88. The number of amidine groups is 1. The molecule has 0 bridgehead atoms. The van der Waals surface area contributed by atoms with Crippen molar-refractivity contribution in [1.82, 2.24) is 9.78 Å². The number of nitrogens with zero attached hydrogens (tertiary/aromatic N) is 3. The Morgan fingerprint density at radius 1 is 1.35 bits per heavy atom. The first-order valence-electron chi connectivity index (χ1n) is 6.68. The lowest BCUT2D eigenvalue weighted by atomic mass is 10.1. The summed E-state index contributed by atoms with van der Waals surface area (Å²) in [6.45, 7) is 1.62. The quantitative estimate of drug-likeness (QED) is 0.660. The Morgan fingerprint density at radius 2 is 2.00 bits per heavy atom. The predicted octanol–water partition coefficient (Wildman–Crippen LogP) is 1.61. The van der Waals surface area contributed by atoms with Crippen molar-refractivity contribution in [2.24, 2.45) is 16.5 Å². The Labute approximate surface area is 131 Å². The van der Waals surface area contributed by atoms with Crippen LogP contribution in [0.5, 0.6) is 0 Å². The molecule has 2 aromatic rings. The second-order valence-corrected chi connectivity index (χ2v) is 4.80. The molecule has 1 unspecified atom stereocenters. The standard InChI is InChI=1S/C15H15F2N5O/c1-9(15(23)21-14(19)2-3-18)10-7-20-22(8-10)13-5-11(16)4-12(17)6-13/h2-9H,18H2,1H3,(H2,19,21,23)/b3-2-. The number of aliphatic imine (C=N–C) groups is 1. The third kappa shape index (κ3) is 4.00. The van der Waals surface area contributed by atoms with Crippen molar-refractivity contribution in [2.45, 2.75) is 12.8 Å². The molecule has 1 heterocycles. The number of benzene rings is 1. The van der Waals surface area contributed by atoms with Crippen LogP contribution in [0.1, 0.15) is 18.4 Å². The Morgan fingerprint density at radius 3 is 2.61 bits per heavy atom. The lowest BCUT2D eigenvalue weighted by Crippen LogP contribution is -2.15. The average Bonchev–Trinajstić information content (AvgIpc) is 2.95. The van der Waals surface area contributed by atoms with Gasteiger partial charge in [-0.25, -0.2) is 13.5 Å². The summed E-state index contributed by atoms with van der Waals surface area (Å²) in [5.41, 5.74) is 11.4. The second-order valence-electron chi connectivity index (χ2n) is 4.80. The van der Waals surface area contributed by atoms with Gasteiger partial charge in [-0.2, -0.15) is 10.1 Å². The maximum Gasteiger partial charge on any atom is 0.254 e. The van der Waals surface area contributed by atoms with Crippen LogP contribution in [0.4, 0.5) is 8.78 Å². The molecule has 0 radical (unpaired) electrons. The number of amides is 1. The molecule has 0 aliphatic carbocycles. The summed E-state index contributed by atoms with van der Waals surface area (Å²) in [4.78, 5) is 15.7. The third-order valence-electron chi connectivity index (χ3n) is 3.09. The first kappa shape index (κ1) is 16.3. The molecular formula is C15H15F2N5O. The van der Waals surface area contributed by atoms with E-state index in [1.165, 1.54) is 29.4 Å². The third-order valence-corrected chi connectivity index (χ3v) is 3.09. The molecule has 23 heavy (non-hydrogen) atoms. The summed E-state index contributed by atoms with van der Waals surface area (Å²) < 4.78 is 27.8. The number of carbonyl (C=O) groups is 1. The largest absolute Gasteiger partial charge is 0.404 e. The van der Waals surface area contributed by atoms with Crippen molar-refractivity contribution in [3.8, 4) is 5.69 Å². The van der Waals surface area contributed by atoms with Crippen molar-refractivity contribution in [1.29, 1.82) is 0 Å². The molecule has 0 aliphatic heterocycles. The first-order chi connectivity index (χ1) is 10.9. The van der Waals surface area contributed by atoms with E-state index in [0.717, 1.165) is 18.2 Å². The molecule has 2 rings (SSSR count). The van der Waals surface area contributed by atoms with Gasteiger partial charge in [-0.15, -0.1) is 0 Å². The number of aromatic nitrogens is 2. The van der Waals surface area contributed by atoms with Crippen molar-refractivity contribution in [3.05, 3.63) is 60.1 Å². The van der Waals surface area contributed by atoms with Crippen LogP contribution in [-0.2, 0) is 4.79 Å². The Kier molecular flexibility index (Phi) is 4.85. The van der Waals surface area contributed by atoms with Gasteiger partial charge in [-0.05, 0) is 31.3 Å². The van der Waals surface area contributed by atoms with E-state index in [1.807, 2.05) is 0 Å². The molecule has 8 heteroatoms. The molecule has 0 aliphatic rings. The zero-order chi connectivity index (χ0) is 17.0. The highest BCUT2D eigenvalue weighted by Crippen LogP contribution is 2.19. The molecule has 1 atom stereocenters. The summed E-state index contributed by atoms with van der Waals surface area (Å²) >= 11 is 0. The first-order valence-corrected chi connectivity index (χ1v) is 6.68. The molecule has 0 fully saturated rings. The number of hydrogen-bond acceptors (Lipinski definition) is 3. The molecule has 0 saturated heterocycles. The Bertz CT molecular complexity index is 762. The summed E-state index contributed by atoms with van der Waals surface area (Å²) in [5.74, 6) is -2.54. The SMILES string of the molecule is CC(C(=O)N=C(N)/C=C\N)c1cnn(-c2cc(F)cc(F)c2)c1. The summed E-state index contributed by atoms with van der Waals surface area (Å²) in [5, 5.41) is 4.01. The zero-order valence-electron chi connectivity index (χ0n) is 12.3. The minimum absolute atomic E-state index is 0.0102. The van der Waals surface area contributed by atoms with Crippen LogP contribution in [0.2, 0.25) is 0 Å². The minimum atomic E-state index is -0.716. The van der Waals surface area contributed by atoms with Gasteiger partial charge >= 0.3 is 0 Å². The second kappa shape index (κ2) is 6.82. The highest BCUT2D eigenvalue weighted by molar-refractivity contribution is 6.01. The van der Waals surface area contributed by atoms with E-state index in [-0.39, 0.29) is 11.5 Å². The van der Waals surface area contributed by atoms with Crippen molar-refractivity contribution < 1.29 is 13.6 Å². The molecule has 6 nitrogen and oxygen atoms in total. The monoisotopic (exact) mass is 319 g/mol. The van der Waals surface area contributed by atoms with Gasteiger partial charge in [0, 0.05) is 17.8 Å². The van der Waals surface area contributed by atoms with Crippen LogP contribution in [0.25, 0.3) is 5.69 Å². The average molecular weight is 319 g/mol. The van der Waals surface area contributed by atoms with Crippen molar-refractivity contribution in [2.75, 3.05) is 0 Å². The number of hydrogen-bond donors (Lipinski definition) is 2.